The minimum Gasteiger partial charge on any atom is -0.338 e. The van der Waals surface area contributed by atoms with Crippen molar-refractivity contribution in [2.24, 2.45) is 16.8 Å². The van der Waals surface area contributed by atoms with E-state index in [0.717, 1.165) is 18.4 Å². The van der Waals surface area contributed by atoms with Crippen LogP contribution in [0.15, 0.2) is 4.99 Å². The molecule has 0 spiro atoms. The number of hydrogen-bond acceptors (Lipinski definition) is 3. The van der Waals surface area contributed by atoms with E-state index in [1.807, 2.05) is 0 Å². The van der Waals surface area contributed by atoms with E-state index in [2.05, 4.69) is 30.6 Å². The van der Waals surface area contributed by atoms with Gasteiger partial charge in [-0.1, -0.05) is 58.8 Å². The van der Waals surface area contributed by atoms with Gasteiger partial charge >= 0.3 is 0 Å². The molecule has 2 atom stereocenters. The van der Waals surface area contributed by atoms with Gasteiger partial charge in [-0.25, -0.2) is 0 Å². The van der Waals surface area contributed by atoms with Gasteiger partial charge in [0.15, 0.2) is 5.96 Å². The van der Waals surface area contributed by atoms with Gasteiger partial charge in [-0.05, 0) is 25.2 Å². The van der Waals surface area contributed by atoms with Crippen molar-refractivity contribution in [3.8, 4) is 0 Å². The SMILES string of the molecule is CC(C)[C@H]1CN2C(=NC[C@@H]2C)N1CCCCC1CCCCC1. The Hall–Kier alpha value is -0.730. The monoisotopic (exact) mass is 305 g/mol. The summed E-state index contributed by atoms with van der Waals surface area (Å²) < 4.78 is 0. The van der Waals surface area contributed by atoms with E-state index >= 15 is 0 Å². The molecule has 126 valence electrons. The highest BCUT2D eigenvalue weighted by Crippen LogP contribution is 2.30. The molecular formula is C19H35N3. The average Bonchev–Trinajstić information content (AvgIpc) is 3.05. The van der Waals surface area contributed by atoms with E-state index in [9.17, 15) is 0 Å². The van der Waals surface area contributed by atoms with Crippen LogP contribution in [0.25, 0.3) is 0 Å². The molecule has 0 amide bonds. The number of nitrogens with zero attached hydrogens (tertiary/aromatic N) is 3. The maximum Gasteiger partial charge on any atom is 0.197 e. The Morgan fingerprint density at radius 3 is 2.64 bits per heavy atom. The standard InChI is InChI=1S/C19H35N3/c1-15(2)18-14-22-16(3)13-20-19(22)21(18)12-8-7-11-17-9-5-4-6-10-17/h15-18H,4-14H2,1-3H3/t16-,18+/m0/s1. The summed E-state index contributed by atoms with van der Waals surface area (Å²) in [5.41, 5.74) is 0. The summed E-state index contributed by atoms with van der Waals surface area (Å²) in [6.45, 7) is 10.5. The zero-order chi connectivity index (χ0) is 15.5. The topological polar surface area (TPSA) is 18.8 Å². The first-order valence-electron chi connectivity index (χ1n) is 9.74. The quantitative estimate of drug-likeness (QED) is 0.687. The fourth-order valence-corrected chi connectivity index (χ4v) is 4.59. The largest absolute Gasteiger partial charge is 0.338 e. The predicted molar refractivity (Wildman–Crippen MR) is 94.2 cm³/mol. The molecule has 3 nitrogen and oxygen atoms in total. The Morgan fingerprint density at radius 2 is 1.91 bits per heavy atom. The van der Waals surface area contributed by atoms with E-state index in [0.29, 0.717) is 12.1 Å². The second-order valence-electron chi connectivity index (χ2n) is 8.15. The Kier molecular flexibility index (Phi) is 5.30. The van der Waals surface area contributed by atoms with Crippen molar-refractivity contribution in [2.75, 3.05) is 19.6 Å². The molecule has 0 aromatic carbocycles. The van der Waals surface area contributed by atoms with Crippen LogP contribution in [0, 0.1) is 11.8 Å². The average molecular weight is 306 g/mol. The number of hydrogen-bond donors (Lipinski definition) is 0. The van der Waals surface area contributed by atoms with Gasteiger partial charge in [-0.3, -0.25) is 4.99 Å². The molecule has 2 aliphatic heterocycles. The number of aliphatic imine (C=N–C) groups is 1. The third-order valence-electron chi connectivity index (χ3n) is 6.08. The fourth-order valence-electron chi connectivity index (χ4n) is 4.59. The Morgan fingerprint density at radius 1 is 1.14 bits per heavy atom. The first-order valence-corrected chi connectivity index (χ1v) is 9.74. The van der Waals surface area contributed by atoms with Crippen molar-refractivity contribution in [3.63, 3.8) is 0 Å². The Bertz CT molecular complexity index is 384. The molecule has 3 rings (SSSR count). The van der Waals surface area contributed by atoms with E-state index < -0.39 is 0 Å². The molecule has 2 heterocycles. The highest BCUT2D eigenvalue weighted by Gasteiger charge is 2.41. The highest BCUT2D eigenvalue weighted by molar-refractivity contribution is 5.84. The van der Waals surface area contributed by atoms with Crippen molar-refractivity contribution < 1.29 is 0 Å². The highest BCUT2D eigenvalue weighted by atomic mass is 15.5. The second-order valence-corrected chi connectivity index (χ2v) is 8.15. The molecule has 0 aromatic rings. The normalized spacial score (nSPS) is 29.4. The number of rotatable bonds is 6. The lowest BCUT2D eigenvalue weighted by Crippen LogP contribution is -2.38. The van der Waals surface area contributed by atoms with Crippen molar-refractivity contribution in [1.29, 1.82) is 0 Å². The van der Waals surface area contributed by atoms with E-state index in [1.165, 1.54) is 70.4 Å². The summed E-state index contributed by atoms with van der Waals surface area (Å²) in [6, 6.07) is 1.29. The summed E-state index contributed by atoms with van der Waals surface area (Å²) in [7, 11) is 0. The lowest BCUT2D eigenvalue weighted by molar-refractivity contribution is 0.254. The van der Waals surface area contributed by atoms with Gasteiger partial charge in [-0.2, -0.15) is 0 Å². The molecule has 0 N–H and O–H groups in total. The van der Waals surface area contributed by atoms with Crippen LogP contribution in [-0.2, 0) is 0 Å². The lowest BCUT2D eigenvalue weighted by Gasteiger charge is -2.28. The zero-order valence-electron chi connectivity index (χ0n) is 14.9. The number of guanidine groups is 1. The molecule has 0 radical (unpaired) electrons. The van der Waals surface area contributed by atoms with Crippen LogP contribution in [0.1, 0.15) is 72.1 Å². The molecule has 22 heavy (non-hydrogen) atoms. The second kappa shape index (κ2) is 7.23. The number of fused-ring (bicyclic) bond motifs is 1. The first kappa shape index (κ1) is 16.1. The van der Waals surface area contributed by atoms with Gasteiger partial charge < -0.3 is 9.80 Å². The molecule has 0 aromatic heterocycles. The van der Waals surface area contributed by atoms with Crippen LogP contribution in [0.4, 0.5) is 0 Å². The van der Waals surface area contributed by atoms with Gasteiger partial charge in [-0.15, -0.1) is 0 Å². The lowest BCUT2D eigenvalue weighted by atomic mass is 9.86. The summed E-state index contributed by atoms with van der Waals surface area (Å²) in [4.78, 5) is 10.0. The zero-order valence-corrected chi connectivity index (χ0v) is 14.9. The molecule has 2 fully saturated rings. The molecule has 1 saturated heterocycles. The Balaban J connectivity index is 1.47. The summed E-state index contributed by atoms with van der Waals surface area (Å²) in [5.74, 6) is 3.07. The van der Waals surface area contributed by atoms with Crippen LogP contribution in [0.5, 0.6) is 0 Å². The summed E-state index contributed by atoms with van der Waals surface area (Å²) in [6.07, 6.45) is 11.7. The summed E-state index contributed by atoms with van der Waals surface area (Å²) >= 11 is 0. The maximum absolute atomic E-state index is 4.83. The third kappa shape index (κ3) is 3.44. The molecule has 3 heteroatoms. The van der Waals surface area contributed by atoms with Gasteiger partial charge in [0.2, 0.25) is 0 Å². The van der Waals surface area contributed by atoms with E-state index in [1.54, 1.807) is 0 Å². The summed E-state index contributed by atoms with van der Waals surface area (Å²) in [5, 5.41) is 0. The first-order chi connectivity index (χ1) is 10.7. The molecule has 0 bridgehead atoms. The molecule has 3 aliphatic rings. The van der Waals surface area contributed by atoms with Crippen molar-refractivity contribution in [2.45, 2.75) is 84.2 Å². The smallest absolute Gasteiger partial charge is 0.197 e. The van der Waals surface area contributed by atoms with E-state index in [4.69, 9.17) is 4.99 Å². The van der Waals surface area contributed by atoms with Gasteiger partial charge in [0, 0.05) is 19.1 Å². The fraction of sp³-hybridized carbons (Fsp3) is 0.947. The molecule has 1 saturated carbocycles. The van der Waals surface area contributed by atoms with Crippen LogP contribution >= 0.6 is 0 Å². The van der Waals surface area contributed by atoms with Crippen LogP contribution in [0.2, 0.25) is 0 Å². The predicted octanol–water partition coefficient (Wildman–Crippen LogP) is 4.14. The van der Waals surface area contributed by atoms with Crippen molar-refractivity contribution in [3.05, 3.63) is 0 Å². The van der Waals surface area contributed by atoms with Gasteiger partial charge in [0.05, 0.1) is 12.6 Å². The Labute approximate surface area is 137 Å². The molecular weight excluding hydrogens is 270 g/mol. The van der Waals surface area contributed by atoms with Gasteiger partial charge in [0.1, 0.15) is 0 Å². The van der Waals surface area contributed by atoms with Crippen molar-refractivity contribution >= 4 is 5.96 Å². The minimum absolute atomic E-state index is 0.614. The van der Waals surface area contributed by atoms with Crippen LogP contribution in [0.3, 0.4) is 0 Å². The maximum atomic E-state index is 4.83. The van der Waals surface area contributed by atoms with E-state index in [-0.39, 0.29) is 0 Å². The van der Waals surface area contributed by atoms with Gasteiger partial charge in [0.25, 0.3) is 0 Å². The molecule has 0 unspecified atom stereocenters. The molecule has 1 aliphatic carbocycles. The minimum atomic E-state index is 0.614. The van der Waals surface area contributed by atoms with Crippen molar-refractivity contribution in [1.82, 2.24) is 9.80 Å². The van der Waals surface area contributed by atoms with Crippen LogP contribution < -0.4 is 0 Å². The van der Waals surface area contributed by atoms with Crippen LogP contribution in [-0.4, -0.2) is 47.5 Å². The number of unbranched alkanes of at least 4 members (excludes halogenated alkanes) is 1. The third-order valence-corrected chi connectivity index (χ3v) is 6.08.